The minimum Gasteiger partial charge on any atom is -0.438 e. The van der Waals surface area contributed by atoms with E-state index in [0.717, 1.165) is 33.5 Å². The largest absolute Gasteiger partial charge is 0.438 e. The van der Waals surface area contributed by atoms with E-state index in [1.165, 1.54) is 10.0 Å². The highest BCUT2D eigenvalue weighted by molar-refractivity contribution is 5.81. The van der Waals surface area contributed by atoms with Gasteiger partial charge in [0.25, 0.3) is 0 Å². The summed E-state index contributed by atoms with van der Waals surface area (Å²) >= 11 is 0. The smallest absolute Gasteiger partial charge is 0.226 e. The predicted molar refractivity (Wildman–Crippen MR) is 212 cm³/mol. The molecular weight excluding hydrogens is 606 g/mol. The molecule has 0 saturated carbocycles. The number of anilines is 3. The average molecular weight is 662 g/mol. The van der Waals surface area contributed by atoms with Gasteiger partial charge in [-0.2, -0.15) is 4.98 Å². The standard InChI is InChI=1S/C37H43N7O.2C2H6/c1-9-15-31-30(11-3)32(43(38)26(5)44(39)33-24-29(37(6,7)8)19-18-27(33)10-2)20-21-34(31)45-35-22-23-40-36(42-35)41-25(4)28-16-13-12-14-17-28;2*1-2/h9-25H,2-3,5,38-39H2,1,4,6-8H3,(H,40,41,42);2*1-2H3/b15-9-;;. The van der Waals surface area contributed by atoms with Crippen LogP contribution >= 0.6 is 0 Å². The molecule has 1 atom stereocenters. The van der Waals surface area contributed by atoms with Crippen molar-refractivity contribution in [2.24, 2.45) is 11.7 Å². The molecule has 0 radical (unpaired) electrons. The van der Waals surface area contributed by atoms with Crippen LogP contribution in [0.15, 0.2) is 105 Å². The number of ether oxygens (including phenoxy) is 1. The summed E-state index contributed by atoms with van der Waals surface area (Å²) in [6.07, 6.45) is 9.01. The van der Waals surface area contributed by atoms with E-state index in [9.17, 15) is 0 Å². The maximum atomic E-state index is 6.70. The van der Waals surface area contributed by atoms with E-state index >= 15 is 0 Å². The number of nitrogens with one attached hydrogen (secondary N) is 1. The molecule has 0 spiro atoms. The normalized spacial score (nSPS) is 11.2. The highest BCUT2D eigenvalue weighted by atomic mass is 16.5. The highest BCUT2D eigenvalue weighted by Crippen LogP contribution is 2.37. The summed E-state index contributed by atoms with van der Waals surface area (Å²) in [5, 5.41) is 6.26. The summed E-state index contributed by atoms with van der Waals surface area (Å²) in [5.74, 6) is 15.1. The molecule has 0 aliphatic carbocycles. The minimum absolute atomic E-state index is 0.0101. The zero-order chi connectivity index (χ0) is 36.7. The SMILES string of the molecule is C=Cc1ccc(C(C)(C)C)cc1N(N)C(=C)N(N)c1ccc(Oc2ccnc(NC(C)c3ccccc3)n2)c(/C=C\C)c1C=C.CC.CC. The molecule has 0 aliphatic heterocycles. The van der Waals surface area contributed by atoms with Gasteiger partial charge in [-0.25, -0.2) is 16.7 Å². The van der Waals surface area contributed by atoms with E-state index in [4.69, 9.17) is 16.4 Å². The molecular formula is C41H55N7O. The van der Waals surface area contributed by atoms with E-state index in [0.29, 0.717) is 29.1 Å². The Kier molecular flexibility index (Phi) is 15.5. The maximum absolute atomic E-state index is 6.70. The van der Waals surface area contributed by atoms with Crippen LogP contribution in [0.25, 0.3) is 18.2 Å². The van der Waals surface area contributed by atoms with Gasteiger partial charge >= 0.3 is 0 Å². The molecule has 8 heteroatoms. The highest BCUT2D eigenvalue weighted by Gasteiger charge is 2.22. The van der Waals surface area contributed by atoms with Crippen molar-refractivity contribution in [3.63, 3.8) is 0 Å². The number of nitrogens with zero attached hydrogens (tertiary/aromatic N) is 4. The van der Waals surface area contributed by atoms with Gasteiger partial charge in [0.15, 0.2) is 0 Å². The van der Waals surface area contributed by atoms with E-state index < -0.39 is 0 Å². The van der Waals surface area contributed by atoms with Gasteiger partial charge in [0.2, 0.25) is 11.8 Å². The number of hydrazine groups is 2. The fraction of sp³-hybridized carbons (Fsp3) is 0.268. The van der Waals surface area contributed by atoms with Gasteiger partial charge in [0.05, 0.1) is 17.4 Å². The maximum Gasteiger partial charge on any atom is 0.226 e. The molecule has 0 aliphatic rings. The van der Waals surface area contributed by atoms with Crippen LogP contribution in [0, 0.1) is 0 Å². The molecule has 4 aromatic rings. The molecule has 0 fully saturated rings. The fourth-order valence-electron chi connectivity index (χ4n) is 4.84. The summed E-state index contributed by atoms with van der Waals surface area (Å²) < 4.78 is 6.30. The van der Waals surface area contributed by atoms with E-state index in [2.05, 4.69) is 80.9 Å². The molecule has 1 unspecified atom stereocenters. The first kappa shape index (κ1) is 40.0. The molecule has 1 aromatic heterocycles. The Balaban J connectivity index is 0.00000201. The predicted octanol–water partition coefficient (Wildman–Crippen LogP) is 10.6. The van der Waals surface area contributed by atoms with Gasteiger partial charge in [0.1, 0.15) is 11.6 Å². The van der Waals surface area contributed by atoms with Crippen LogP contribution in [0.3, 0.4) is 0 Å². The lowest BCUT2D eigenvalue weighted by atomic mass is 9.86. The molecule has 260 valence electrons. The Hall–Kier alpha value is -5.18. The molecule has 4 rings (SSSR count). The summed E-state index contributed by atoms with van der Waals surface area (Å²) in [6.45, 7) is 30.7. The van der Waals surface area contributed by atoms with Crippen molar-refractivity contribution < 1.29 is 4.74 Å². The van der Waals surface area contributed by atoms with Crippen molar-refractivity contribution >= 4 is 35.6 Å². The lowest BCUT2D eigenvalue weighted by Crippen LogP contribution is -2.43. The third kappa shape index (κ3) is 10.2. The Morgan fingerprint density at radius 3 is 2.12 bits per heavy atom. The molecule has 8 nitrogen and oxygen atoms in total. The Bertz CT molecular complexity index is 1710. The van der Waals surface area contributed by atoms with Crippen molar-refractivity contribution in [2.45, 2.75) is 73.8 Å². The molecule has 3 aromatic carbocycles. The van der Waals surface area contributed by atoms with Crippen LogP contribution < -0.4 is 31.8 Å². The minimum atomic E-state index is -0.0765. The zero-order valence-corrected chi connectivity index (χ0v) is 30.8. The summed E-state index contributed by atoms with van der Waals surface area (Å²) in [4.78, 5) is 8.98. The third-order valence-electron chi connectivity index (χ3n) is 7.44. The van der Waals surface area contributed by atoms with Gasteiger partial charge < -0.3 is 10.1 Å². The summed E-state index contributed by atoms with van der Waals surface area (Å²) in [5.41, 5.74) is 5.91. The number of allylic oxidation sites excluding steroid dienone is 1. The molecule has 0 amide bonds. The van der Waals surface area contributed by atoms with Crippen LogP contribution in [0.1, 0.15) is 96.2 Å². The van der Waals surface area contributed by atoms with Gasteiger partial charge in [-0.3, -0.25) is 10.0 Å². The van der Waals surface area contributed by atoms with Crippen LogP contribution in [0.2, 0.25) is 0 Å². The van der Waals surface area contributed by atoms with Crippen LogP contribution in [0.5, 0.6) is 11.6 Å². The summed E-state index contributed by atoms with van der Waals surface area (Å²) in [6, 6.07) is 21.6. The van der Waals surface area contributed by atoms with Gasteiger partial charge in [-0.15, -0.1) is 0 Å². The quantitative estimate of drug-likeness (QED) is 0.102. The summed E-state index contributed by atoms with van der Waals surface area (Å²) in [7, 11) is 0. The van der Waals surface area contributed by atoms with Crippen molar-refractivity contribution in [3.8, 4) is 11.6 Å². The lowest BCUT2D eigenvalue weighted by molar-refractivity contribution is 0.461. The van der Waals surface area contributed by atoms with Gasteiger partial charge in [-0.05, 0) is 54.2 Å². The molecule has 0 saturated heterocycles. The van der Waals surface area contributed by atoms with Crippen LogP contribution in [-0.2, 0) is 5.41 Å². The van der Waals surface area contributed by atoms with Crippen molar-refractivity contribution in [1.82, 2.24) is 9.97 Å². The molecule has 49 heavy (non-hydrogen) atoms. The second kappa shape index (κ2) is 19.0. The van der Waals surface area contributed by atoms with Crippen LogP contribution in [0.4, 0.5) is 17.3 Å². The first-order valence-corrected chi connectivity index (χ1v) is 16.8. The second-order valence-electron chi connectivity index (χ2n) is 11.6. The first-order chi connectivity index (χ1) is 23.5. The topological polar surface area (TPSA) is 106 Å². The first-order valence-electron chi connectivity index (χ1n) is 16.8. The lowest BCUT2D eigenvalue weighted by Gasteiger charge is -2.32. The fourth-order valence-corrected chi connectivity index (χ4v) is 4.84. The number of hydrogen-bond donors (Lipinski definition) is 3. The molecule has 0 bridgehead atoms. The third-order valence-corrected chi connectivity index (χ3v) is 7.44. The number of rotatable bonds is 12. The zero-order valence-electron chi connectivity index (χ0n) is 30.8. The van der Waals surface area contributed by atoms with E-state index in [1.807, 2.05) is 89.2 Å². The van der Waals surface area contributed by atoms with Gasteiger partial charge in [0, 0.05) is 23.4 Å². The van der Waals surface area contributed by atoms with Crippen molar-refractivity contribution in [2.75, 3.05) is 15.3 Å². The Morgan fingerprint density at radius 2 is 1.53 bits per heavy atom. The van der Waals surface area contributed by atoms with Crippen molar-refractivity contribution in [3.05, 3.63) is 132 Å². The second-order valence-corrected chi connectivity index (χ2v) is 11.6. The van der Waals surface area contributed by atoms with E-state index in [1.54, 1.807) is 24.4 Å². The Labute approximate surface area is 294 Å². The average Bonchev–Trinajstić information content (AvgIpc) is 3.12. The monoisotopic (exact) mass is 661 g/mol. The Morgan fingerprint density at radius 1 is 0.878 bits per heavy atom. The molecule has 1 heterocycles. The van der Waals surface area contributed by atoms with E-state index in [-0.39, 0.29) is 11.5 Å². The number of benzene rings is 3. The number of aromatic nitrogens is 2. The van der Waals surface area contributed by atoms with Crippen molar-refractivity contribution in [1.29, 1.82) is 0 Å². The van der Waals surface area contributed by atoms with Crippen LogP contribution in [-0.4, -0.2) is 9.97 Å². The number of hydrogen-bond acceptors (Lipinski definition) is 8. The van der Waals surface area contributed by atoms with Gasteiger partial charge in [-0.1, -0.05) is 135 Å². The molecule has 5 N–H and O–H groups in total. The number of nitrogens with two attached hydrogens (primary N) is 2.